The van der Waals surface area contributed by atoms with Gasteiger partial charge >= 0.3 is 0 Å². The number of nitrogens with two attached hydrogens (primary N) is 1. The molecule has 2 rings (SSSR count). The number of guanidine groups is 1. The van der Waals surface area contributed by atoms with Gasteiger partial charge in [0, 0.05) is 25.1 Å². The van der Waals surface area contributed by atoms with Gasteiger partial charge in [-0.15, -0.1) is 24.0 Å². The fraction of sp³-hybridized carbons (Fsp3) is 0.611. The summed E-state index contributed by atoms with van der Waals surface area (Å²) >= 11 is 0. The standard InChI is InChI=1S/C18H29N3O.HI/c1-4-14(3)21-18(19)20-12-16-6-5-11-22-17(16)15-9-7-13(2)8-10-15;/h7-10,14,16-17H,4-6,11-12H2,1-3H3,(H3,19,20,21);1H. The van der Waals surface area contributed by atoms with Crippen LogP contribution in [0.2, 0.25) is 0 Å². The van der Waals surface area contributed by atoms with Gasteiger partial charge in [0.2, 0.25) is 0 Å². The van der Waals surface area contributed by atoms with Gasteiger partial charge in [-0.05, 0) is 38.7 Å². The Balaban J connectivity index is 0.00000264. The summed E-state index contributed by atoms with van der Waals surface area (Å²) in [6.07, 6.45) is 3.41. The number of rotatable bonds is 5. The van der Waals surface area contributed by atoms with Crippen molar-refractivity contribution in [1.82, 2.24) is 5.32 Å². The van der Waals surface area contributed by atoms with E-state index in [1.807, 2.05) is 0 Å². The van der Waals surface area contributed by atoms with Gasteiger partial charge in [-0.1, -0.05) is 36.8 Å². The van der Waals surface area contributed by atoms with Crippen molar-refractivity contribution in [1.29, 1.82) is 0 Å². The van der Waals surface area contributed by atoms with Gasteiger partial charge in [0.15, 0.2) is 5.96 Å². The van der Waals surface area contributed by atoms with Crippen molar-refractivity contribution in [3.63, 3.8) is 0 Å². The van der Waals surface area contributed by atoms with Crippen LogP contribution in [-0.2, 0) is 4.74 Å². The molecule has 5 heteroatoms. The minimum Gasteiger partial charge on any atom is -0.373 e. The molecule has 130 valence electrons. The molecule has 1 aliphatic rings. The van der Waals surface area contributed by atoms with Crippen LogP contribution in [0.1, 0.15) is 50.3 Å². The number of halogens is 1. The van der Waals surface area contributed by atoms with Crippen LogP contribution in [0.4, 0.5) is 0 Å². The zero-order valence-electron chi connectivity index (χ0n) is 14.4. The van der Waals surface area contributed by atoms with Crippen molar-refractivity contribution in [3.8, 4) is 0 Å². The van der Waals surface area contributed by atoms with Crippen molar-refractivity contribution in [2.45, 2.75) is 52.2 Å². The first-order chi connectivity index (χ1) is 10.6. The third-order valence-corrected chi connectivity index (χ3v) is 4.35. The van der Waals surface area contributed by atoms with Crippen LogP contribution in [0.15, 0.2) is 29.3 Å². The summed E-state index contributed by atoms with van der Waals surface area (Å²) < 4.78 is 6.02. The molecule has 23 heavy (non-hydrogen) atoms. The Hall–Kier alpha value is -0.820. The summed E-state index contributed by atoms with van der Waals surface area (Å²) in [7, 11) is 0. The molecule has 4 nitrogen and oxygen atoms in total. The first-order valence-electron chi connectivity index (χ1n) is 8.34. The van der Waals surface area contributed by atoms with E-state index >= 15 is 0 Å². The predicted octanol–water partition coefficient (Wildman–Crippen LogP) is 3.78. The molecule has 3 unspecified atom stereocenters. The first-order valence-corrected chi connectivity index (χ1v) is 8.34. The van der Waals surface area contributed by atoms with Crippen LogP contribution in [0.3, 0.4) is 0 Å². The lowest BCUT2D eigenvalue weighted by atomic mass is 9.89. The van der Waals surface area contributed by atoms with Gasteiger partial charge in [-0.3, -0.25) is 4.99 Å². The van der Waals surface area contributed by atoms with E-state index in [1.165, 1.54) is 11.1 Å². The minimum atomic E-state index is 0. The minimum absolute atomic E-state index is 0. The number of benzene rings is 1. The van der Waals surface area contributed by atoms with Crippen LogP contribution < -0.4 is 11.1 Å². The normalized spacial score (nSPS) is 23.0. The van der Waals surface area contributed by atoms with Gasteiger partial charge in [0.25, 0.3) is 0 Å². The highest BCUT2D eigenvalue weighted by Crippen LogP contribution is 2.33. The summed E-state index contributed by atoms with van der Waals surface area (Å²) in [5.74, 6) is 0.941. The van der Waals surface area contributed by atoms with Crippen LogP contribution in [0.5, 0.6) is 0 Å². The summed E-state index contributed by atoms with van der Waals surface area (Å²) in [5, 5.41) is 3.22. The second-order valence-corrected chi connectivity index (χ2v) is 6.28. The molecule has 0 saturated carbocycles. The topological polar surface area (TPSA) is 59.6 Å². The smallest absolute Gasteiger partial charge is 0.188 e. The van der Waals surface area contributed by atoms with E-state index in [-0.39, 0.29) is 30.1 Å². The molecule has 3 atom stereocenters. The summed E-state index contributed by atoms with van der Waals surface area (Å²) in [6.45, 7) is 7.90. The van der Waals surface area contributed by atoms with Crippen LogP contribution in [0.25, 0.3) is 0 Å². The zero-order chi connectivity index (χ0) is 15.9. The molecular weight excluding hydrogens is 401 g/mol. The molecule has 1 aliphatic heterocycles. The number of hydrogen-bond donors (Lipinski definition) is 2. The molecule has 0 amide bonds. The lowest BCUT2D eigenvalue weighted by Crippen LogP contribution is -2.38. The van der Waals surface area contributed by atoms with E-state index in [9.17, 15) is 0 Å². The number of nitrogens with one attached hydrogen (secondary N) is 1. The maximum Gasteiger partial charge on any atom is 0.188 e. The molecule has 0 bridgehead atoms. The molecule has 1 heterocycles. The number of aryl methyl sites for hydroxylation is 1. The number of hydrogen-bond acceptors (Lipinski definition) is 2. The fourth-order valence-corrected chi connectivity index (χ4v) is 2.77. The monoisotopic (exact) mass is 431 g/mol. The van der Waals surface area contributed by atoms with Crippen molar-refractivity contribution < 1.29 is 4.74 Å². The van der Waals surface area contributed by atoms with Gasteiger partial charge in [-0.2, -0.15) is 0 Å². The third-order valence-electron chi connectivity index (χ3n) is 4.35. The Morgan fingerprint density at radius 3 is 2.74 bits per heavy atom. The van der Waals surface area contributed by atoms with E-state index in [1.54, 1.807) is 0 Å². The Kier molecular flexibility index (Phi) is 8.91. The Labute approximate surface area is 157 Å². The van der Waals surface area contributed by atoms with E-state index < -0.39 is 0 Å². The largest absolute Gasteiger partial charge is 0.373 e. The molecule has 1 aromatic carbocycles. The second-order valence-electron chi connectivity index (χ2n) is 6.28. The van der Waals surface area contributed by atoms with Gasteiger partial charge in [0.1, 0.15) is 0 Å². The molecule has 0 aromatic heterocycles. The highest BCUT2D eigenvalue weighted by atomic mass is 127. The Morgan fingerprint density at radius 1 is 1.39 bits per heavy atom. The Bertz CT molecular complexity index is 490. The first kappa shape index (κ1) is 20.2. The zero-order valence-corrected chi connectivity index (χ0v) is 16.7. The van der Waals surface area contributed by atoms with Crippen LogP contribution in [0, 0.1) is 12.8 Å². The molecule has 1 fully saturated rings. The van der Waals surface area contributed by atoms with Crippen LogP contribution in [-0.4, -0.2) is 25.2 Å². The third kappa shape index (κ3) is 6.30. The Morgan fingerprint density at radius 2 is 2.09 bits per heavy atom. The number of nitrogens with zero attached hydrogens (tertiary/aromatic N) is 1. The van der Waals surface area contributed by atoms with Crippen LogP contribution >= 0.6 is 24.0 Å². The molecule has 0 radical (unpaired) electrons. The predicted molar refractivity (Wildman–Crippen MR) is 107 cm³/mol. The number of ether oxygens (including phenoxy) is 1. The summed E-state index contributed by atoms with van der Waals surface area (Å²) in [6, 6.07) is 8.99. The molecule has 0 aliphatic carbocycles. The van der Waals surface area contributed by atoms with Gasteiger partial charge < -0.3 is 15.8 Å². The average molecular weight is 431 g/mol. The maximum absolute atomic E-state index is 6.02. The SMILES string of the molecule is CCC(C)NC(N)=NCC1CCCOC1c1ccc(C)cc1.I. The van der Waals surface area contributed by atoms with Gasteiger partial charge in [0.05, 0.1) is 6.10 Å². The van der Waals surface area contributed by atoms with E-state index in [2.05, 4.69) is 55.3 Å². The second kappa shape index (κ2) is 10.1. The lowest BCUT2D eigenvalue weighted by Gasteiger charge is -2.31. The van der Waals surface area contributed by atoms with E-state index in [0.717, 1.165) is 25.9 Å². The van der Waals surface area contributed by atoms with Gasteiger partial charge in [-0.25, -0.2) is 0 Å². The highest BCUT2D eigenvalue weighted by Gasteiger charge is 2.27. The van der Waals surface area contributed by atoms with Crippen molar-refractivity contribution in [2.75, 3.05) is 13.2 Å². The summed E-state index contributed by atoms with van der Waals surface area (Å²) in [4.78, 5) is 4.53. The fourth-order valence-electron chi connectivity index (χ4n) is 2.77. The molecular formula is C18H30IN3O. The maximum atomic E-state index is 6.02. The average Bonchev–Trinajstić information content (AvgIpc) is 2.54. The van der Waals surface area contributed by atoms with Crippen molar-refractivity contribution >= 4 is 29.9 Å². The molecule has 0 spiro atoms. The highest BCUT2D eigenvalue weighted by molar-refractivity contribution is 14.0. The van der Waals surface area contributed by atoms with E-state index in [0.29, 0.717) is 24.5 Å². The number of aliphatic imine (C=N–C) groups is 1. The molecule has 3 N–H and O–H groups in total. The van der Waals surface area contributed by atoms with Crippen molar-refractivity contribution in [3.05, 3.63) is 35.4 Å². The summed E-state index contributed by atoms with van der Waals surface area (Å²) in [5.41, 5.74) is 8.49. The molecule has 1 aromatic rings. The quantitative estimate of drug-likeness (QED) is 0.424. The van der Waals surface area contributed by atoms with Crippen molar-refractivity contribution in [2.24, 2.45) is 16.6 Å². The lowest BCUT2D eigenvalue weighted by molar-refractivity contribution is -0.0250. The molecule has 1 saturated heterocycles. The van der Waals surface area contributed by atoms with E-state index in [4.69, 9.17) is 10.5 Å².